The summed E-state index contributed by atoms with van der Waals surface area (Å²) in [6, 6.07) is 10.6. The topological polar surface area (TPSA) is 34.8 Å². The molecule has 2 aromatic heterocycles. The molecule has 2 aliphatic rings. The number of hydrogen-bond acceptors (Lipinski definition) is 2. The van der Waals surface area contributed by atoms with Gasteiger partial charge < -0.3 is 9.88 Å². The number of nitrogens with one attached hydrogen (secondary N) is 1. The minimum Gasteiger partial charge on any atom is -0.371 e. The quantitative estimate of drug-likeness (QED) is 0.432. The van der Waals surface area contributed by atoms with Crippen molar-refractivity contribution in [2.75, 3.05) is 5.32 Å². The molecule has 1 saturated carbocycles. The van der Waals surface area contributed by atoms with Crippen molar-refractivity contribution in [3.05, 3.63) is 65.6 Å². The molecule has 4 aromatic rings. The van der Waals surface area contributed by atoms with E-state index in [0.717, 1.165) is 39.4 Å². The molecule has 3 heterocycles. The van der Waals surface area contributed by atoms with E-state index < -0.39 is 0 Å². The molecule has 1 aliphatic heterocycles. The zero-order valence-corrected chi connectivity index (χ0v) is 17.8. The minimum absolute atomic E-state index is 0.192. The monoisotopic (exact) mass is 400 g/mol. The van der Waals surface area contributed by atoms with E-state index in [1.54, 1.807) is 6.07 Å². The highest BCUT2D eigenvalue weighted by atomic mass is 19.1. The molecule has 0 unspecified atom stereocenters. The predicted octanol–water partition coefficient (Wildman–Crippen LogP) is 6.25. The summed E-state index contributed by atoms with van der Waals surface area (Å²) >= 11 is 0. The molecule has 5 heteroatoms. The third-order valence-electron chi connectivity index (χ3n) is 6.64. The van der Waals surface area contributed by atoms with Gasteiger partial charge in [-0.1, -0.05) is 12.1 Å². The number of benzene rings is 2. The summed E-state index contributed by atoms with van der Waals surface area (Å²) in [5, 5.41) is 4.61. The average molecular weight is 401 g/mol. The number of anilines is 1. The molecule has 1 aliphatic carbocycles. The van der Waals surface area contributed by atoms with Crippen LogP contribution in [0, 0.1) is 19.7 Å². The molecular formula is C25H25FN4. The van der Waals surface area contributed by atoms with Crippen LogP contribution in [-0.2, 0) is 5.54 Å². The van der Waals surface area contributed by atoms with Gasteiger partial charge in [-0.15, -0.1) is 0 Å². The standard InChI is InChI=1S/C25H25FN4/c1-14-13-27-24-25(3,4)28-20-12-19(26)22(15(2)23(20)30(14)24)18-6-5-7-21-17(18)10-11-29(21)16-8-9-16/h5-7,10-13,16,28H,8-9H2,1-4H3. The fourth-order valence-corrected chi connectivity index (χ4v) is 5.11. The summed E-state index contributed by atoms with van der Waals surface area (Å²) in [5.74, 6) is 0.758. The van der Waals surface area contributed by atoms with E-state index in [2.05, 4.69) is 58.5 Å². The molecule has 30 heavy (non-hydrogen) atoms. The van der Waals surface area contributed by atoms with Crippen molar-refractivity contribution in [1.29, 1.82) is 0 Å². The highest BCUT2D eigenvalue weighted by molar-refractivity contribution is 5.98. The summed E-state index contributed by atoms with van der Waals surface area (Å²) in [7, 11) is 0. The Bertz CT molecular complexity index is 1340. The first kappa shape index (κ1) is 17.8. The Hall–Kier alpha value is -3.08. The second kappa shape index (κ2) is 5.75. The minimum atomic E-state index is -0.372. The second-order valence-corrected chi connectivity index (χ2v) is 9.26. The molecule has 4 nitrogen and oxygen atoms in total. The smallest absolute Gasteiger partial charge is 0.138 e. The molecule has 1 N–H and O–H groups in total. The van der Waals surface area contributed by atoms with Crippen molar-refractivity contribution in [2.45, 2.75) is 52.1 Å². The second-order valence-electron chi connectivity index (χ2n) is 9.26. The van der Waals surface area contributed by atoms with Crippen LogP contribution in [-0.4, -0.2) is 14.1 Å². The summed E-state index contributed by atoms with van der Waals surface area (Å²) in [5.41, 5.74) is 6.24. The molecule has 0 atom stereocenters. The maximum Gasteiger partial charge on any atom is 0.138 e. The molecule has 0 radical (unpaired) electrons. The van der Waals surface area contributed by atoms with Gasteiger partial charge in [-0.2, -0.15) is 0 Å². The van der Waals surface area contributed by atoms with Gasteiger partial charge in [-0.05, 0) is 69.9 Å². The number of halogens is 1. The molecule has 1 fully saturated rings. The Kier molecular flexibility index (Phi) is 3.40. The fourth-order valence-electron chi connectivity index (χ4n) is 5.11. The molecule has 0 bridgehead atoms. The average Bonchev–Trinajstić information content (AvgIpc) is 3.31. The van der Waals surface area contributed by atoms with Gasteiger partial charge in [0.1, 0.15) is 11.6 Å². The molecule has 6 rings (SSSR count). The molecule has 0 spiro atoms. The lowest BCUT2D eigenvalue weighted by molar-refractivity contribution is 0.534. The normalized spacial score (nSPS) is 17.0. The van der Waals surface area contributed by atoms with Crippen LogP contribution in [0.3, 0.4) is 0 Å². The Morgan fingerprint density at radius 2 is 1.97 bits per heavy atom. The van der Waals surface area contributed by atoms with Gasteiger partial charge in [0.15, 0.2) is 0 Å². The van der Waals surface area contributed by atoms with Crippen molar-refractivity contribution < 1.29 is 4.39 Å². The van der Waals surface area contributed by atoms with E-state index in [4.69, 9.17) is 0 Å². The SMILES string of the molecule is Cc1c(-c2cccc3c2ccn3C2CC2)c(F)cc2c1-n1c(C)cnc1C(C)(C)N2. The van der Waals surface area contributed by atoms with Crippen LogP contribution in [0.5, 0.6) is 0 Å². The van der Waals surface area contributed by atoms with Gasteiger partial charge in [-0.25, -0.2) is 9.37 Å². The van der Waals surface area contributed by atoms with Gasteiger partial charge >= 0.3 is 0 Å². The number of nitrogens with zero attached hydrogens (tertiary/aromatic N) is 3. The number of aromatic nitrogens is 3. The highest BCUT2D eigenvalue weighted by Crippen LogP contribution is 2.45. The molecule has 152 valence electrons. The van der Waals surface area contributed by atoms with Gasteiger partial charge in [0, 0.05) is 40.6 Å². The largest absolute Gasteiger partial charge is 0.371 e. The number of rotatable bonds is 2. The van der Waals surface area contributed by atoms with Crippen LogP contribution < -0.4 is 5.32 Å². The highest BCUT2D eigenvalue weighted by Gasteiger charge is 2.35. The summed E-state index contributed by atoms with van der Waals surface area (Å²) in [6.45, 7) is 8.24. The van der Waals surface area contributed by atoms with Crippen molar-refractivity contribution in [3.63, 3.8) is 0 Å². The molecule has 2 aromatic carbocycles. The Balaban J connectivity index is 1.64. The lowest BCUT2D eigenvalue weighted by Gasteiger charge is -2.36. The number of imidazole rings is 1. The lowest BCUT2D eigenvalue weighted by atomic mass is 9.92. The van der Waals surface area contributed by atoms with Crippen molar-refractivity contribution in [3.8, 4) is 16.8 Å². The van der Waals surface area contributed by atoms with E-state index in [1.165, 1.54) is 18.4 Å². The zero-order valence-electron chi connectivity index (χ0n) is 17.8. The number of aryl methyl sites for hydroxylation is 1. The maximum absolute atomic E-state index is 15.6. The van der Waals surface area contributed by atoms with Crippen LogP contribution >= 0.6 is 0 Å². The van der Waals surface area contributed by atoms with Crippen molar-refractivity contribution in [1.82, 2.24) is 14.1 Å². The van der Waals surface area contributed by atoms with E-state index >= 15 is 4.39 Å². The van der Waals surface area contributed by atoms with Gasteiger partial charge in [-0.3, -0.25) is 4.57 Å². The number of fused-ring (bicyclic) bond motifs is 4. The lowest BCUT2D eigenvalue weighted by Crippen LogP contribution is -2.36. The first-order chi connectivity index (χ1) is 14.4. The van der Waals surface area contributed by atoms with Crippen molar-refractivity contribution in [2.24, 2.45) is 0 Å². The first-order valence-electron chi connectivity index (χ1n) is 10.6. The fraction of sp³-hybridized carbons (Fsp3) is 0.320. The molecular weight excluding hydrogens is 375 g/mol. The third kappa shape index (κ3) is 2.29. The van der Waals surface area contributed by atoms with Gasteiger partial charge in [0.2, 0.25) is 0 Å². The van der Waals surface area contributed by atoms with Crippen LogP contribution in [0.25, 0.3) is 27.7 Å². The van der Waals surface area contributed by atoms with Crippen molar-refractivity contribution >= 4 is 16.6 Å². The first-order valence-corrected chi connectivity index (χ1v) is 10.6. The molecule has 0 saturated heterocycles. The summed E-state index contributed by atoms with van der Waals surface area (Å²) < 4.78 is 20.1. The van der Waals surface area contributed by atoms with E-state index in [0.29, 0.717) is 11.6 Å². The third-order valence-corrected chi connectivity index (χ3v) is 6.64. The predicted molar refractivity (Wildman–Crippen MR) is 119 cm³/mol. The zero-order chi connectivity index (χ0) is 20.8. The van der Waals surface area contributed by atoms with E-state index in [-0.39, 0.29) is 11.4 Å². The van der Waals surface area contributed by atoms with E-state index in [1.807, 2.05) is 25.3 Å². The van der Waals surface area contributed by atoms with Crippen LogP contribution in [0.1, 0.15) is 49.8 Å². The Morgan fingerprint density at radius 3 is 2.73 bits per heavy atom. The summed E-state index contributed by atoms with van der Waals surface area (Å²) in [6.07, 6.45) is 6.50. The van der Waals surface area contributed by atoms with Crippen LogP contribution in [0.4, 0.5) is 10.1 Å². The summed E-state index contributed by atoms with van der Waals surface area (Å²) in [4.78, 5) is 4.66. The Labute approximate surface area is 175 Å². The number of hydrogen-bond donors (Lipinski definition) is 1. The van der Waals surface area contributed by atoms with Gasteiger partial charge in [0.25, 0.3) is 0 Å². The maximum atomic E-state index is 15.6. The van der Waals surface area contributed by atoms with Gasteiger partial charge in [0.05, 0.1) is 16.9 Å². The van der Waals surface area contributed by atoms with Crippen LogP contribution in [0.2, 0.25) is 0 Å². The van der Waals surface area contributed by atoms with E-state index in [9.17, 15) is 0 Å². The molecule has 0 amide bonds. The Morgan fingerprint density at radius 1 is 1.17 bits per heavy atom. The van der Waals surface area contributed by atoms with Crippen LogP contribution in [0.15, 0.2) is 42.7 Å².